The summed E-state index contributed by atoms with van der Waals surface area (Å²) in [7, 11) is 1.21. The molecule has 0 saturated carbocycles. The zero-order valence-electron chi connectivity index (χ0n) is 13.3. The molecule has 24 heavy (non-hydrogen) atoms. The summed E-state index contributed by atoms with van der Waals surface area (Å²) in [5.74, 6) is -3.23. The van der Waals surface area contributed by atoms with Gasteiger partial charge < -0.3 is 10.1 Å². The Kier molecular flexibility index (Phi) is 5.63. The molecule has 126 valence electrons. The van der Waals surface area contributed by atoms with E-state index >= 15 is 0 Å². The molecule has 0 unspecified atom stereocenters. The fourth-order valence-electron chi connectivity index (χ4n) is 2.30. The van der Waals surface area contributed by atoms with Gasteiger partial charge in [-0.25, -0.2) is 13.6 Å². The van der Waals surface area contributed by atoms with Crippen molar-refractivity contribution in [3.63, 3.8) is 0 Å². The van der Waals surface area contributed by atoms with E-state index in [2.05, 4.69) is 5.32 Å². The highest BCUT2D eigenvalue weighted by Crippen LogP contribution is 2.13. The van der Waals surface area contributed by atoms with Crippen LogP contribution in [0.4, 0.5) is 8.78 Å². The first-order valence-corrected chi connectivity index (χ1v) is 7.30. The third-order valence-electron chi connectivity index (χ3n) is 3.65. The van der Waals surface area contributed by atoms with Crippen molar-refractivity contribution in [2.24, 2.45) is 0 Å². The van der Waals surface area contributed by atoms with Crippen LogP contribution in [-0.4, -0.2) is 25.0 Å². The van der Waals surface area contributed by atoms with Gasteiger partial charge in [0, 0.05) is 12.5 Å². The zero-order valence-corrected chi connectivity index (χ0v) is 13.3. The lowest BCUT2D eigenvalue weighted by Crippen LogP contribution is -2.43. The van der Waals surface area contributed by atoms with E-state index in [4.69, 9.17) is 4.74 Å². The number of methoxy groups -OCH3 is 1. The lowest BCUT2D eigenvalue weighted by molar-refractivity contribution is -0.142. The lowest BCUT2D eigenvalue weighted by Gasteiger charge is -2.18. The highest BCUT2D eigenvalue weighted by Gasteiger charge is 2.24. The fourth-order valence-corrected chi connectivity index (χ4v) is 2.30. The number of hydrogen-bond acceptors (Lipinski definition) is 3. The van der Waals surface area contributed by atoms with Crippen LogP contribution < -0.4 is 5.32 Å². The second kappa shape index (κ2) is 7.68. The van der Waals surface area contributed by atoms with Gasteiger partial charge in [0.05, 0.1) is 12.7 Å². The van der Waals surface area contributed by atoms with Gasteiger partial charge >= 0.3 is 5.97 Å². The van der Waals surface area contributed by atoms with Gasteiger partial charge in [0.15, 0.2) is 0 Å². The van der Waals surface area contributed by atoms with Crippen molar-refractivity contribution < 1.29 is 23.1 Å². The molecule has 1 amide bonds. The van der Waals surface area contributed by atoms with Crippen molar-refractivity contribution in [3.05, 3.63) is 70.8 Å². The Labute approximate surface area is 138 Å². The minimum Gasteiger partial charge on any atom is -0.467 e. The summed E-state index contributed by atoms with van der Waals surface area (Å²) >= 11 is 0. The molecule has 1 atom stereocenters. The molecule has 6 heteroatoms. The smallest absolute Gasteiger partial charge is 0.328 e. The highest BCUT2D eigenvalue weighted by atomic mass is 19.1. The number of rotatable bonds is 5. The van der Waals surface area contributed by atoms with E-state index < -0.39 is 29.6 Å². The molecule has 0 aliphatic carbocycles. The van der Waals surface area contributed by atoms with Gasteiger partial charge in [-0.1, -0.05) is 24.3 Å². The normalized spacial score (nSPS) is 11.7. The number of hydrogen-bond donors (Lipinski definition) is 1. The van der Waals surface area contributed by atoms with Gasteiger partial charge in [-0.3, -0.25) is 4.79 Å². The molecule has 2 aromatic carbocycles. The quantitative estimate of drug-likeness (QED) is 0.856. The number of aryl methyl sites for hydroxylation is 1. The SMILES string of the molecule is COC(=O)[C@H](Cc1ccccc1C)NC(=O)c1ccc(F)cc1F. The van der Waals surface area contributed by atoms with Crippen LogP contribution in [0.5, 0.6) is 0 Å². The van der Waals surface area contributed by atoms with Gasteiger partial charge in [0.1, 0.15) is 17.7 Å². The number of benzene rings is 2. The number of nitrogens with one attached hydrogen (secondary N) is 1. The first-order chi connectivity index (χ1) is 11.4. The molecule has 0 spiro atoms. The van der Waals surface area contributed by atoms with E-state index in [9.17, 15) is 18.4 Å². The maximum atomic E-state index is 13.7. The van der Waals surface area contributed by atoms with E-state index in [1.54, 1.807) is 0 Å². The van der Waals surface area contributed by atoms with Crippen LogP contribution in [-0.2, 0) is 16.0 Å². The fraction of sp³-hybridized carbons (Fsp3) is 0.222. The highest BCUT2D eigenvalue weighted by molar-refractivity contribution is 5.97. The summed E-state index contributed by atoms with van der Waals surface area (Å²) in [4.78, 5) is 24.1. The Morgan fingerprint density at radius 1 is 1.17 bits per heavy atom. The summed E-state index contributed by atoms with van der Waals surface area (Å²) in [5.41, 5.74) is 1.47. The van der Waals surface area contributed by atoms with Crippen LogP contribution in [0.1, 0.15) is 21.5 Å². The summed E-state index contributed by atoms with van der Waals surface area (Å²) in [5, 5.41) is 2.44. The van der Waals surface area contributed by atoms with E-state index in [1.165, 1.54) is 7.11 Å². The van der Waals surface area contributed by atoms with Gasteiger partial charge in [-0.2, -0.15) is 0 Å². The number of amides is 1. The van der Waals surface area contributed by atoms with Gasteiger partial charge in [0.25, 0.3) is 5.91 Å². The number of ether oxygens (including phenoxy) is 1. The van der Waals surface area contributed by atoms with Crippen LogP contribution in [0, 0.1) is 18.6 Å². The Balaban J connectivity index is 2.21. The number of carbonyl (C=O) groups is 2. The molecule has 1 N–H and O–H groups in total. The molecule has 0 aliphatic rings. The third kappa shape index (κ3) is 4.16. The van der Waals surface area contributed by atoms with E-state index in [0.717, 1.165) is 23.3 Å². The molecule has 2 aromatic rings. The number of halogens is 2. The summed E-state index contributed by atoms with van der Waals surface area (Å²) < 4.78 is 31.4. The molecule has 0 heterocycles. The average molecular weight is 333 g/mol. The van der Waals surface area contributed by atoms with E-state index in [-0.39, 0.29) is 12.0 Å². The molecular formula is C18H17F2NO3. The standard InChI is InChI=1S/C18H17F2NO3/c1-11-5-3-4-6-12(11)9-16(18(23)24-2)21-17(22)14-8-7-13(19)10-15(14)20/h3-8,10,16H,9H2,1-2H3,(H,21,22)/t16-/m0/s1. The first kappa shape index (κ1) is 17.6. The largest absolute Gasteiger partial charge is 0.467 e. The van der Waals surface area contributed by atoms with Crippen molar-refractivity contribution in [2.45, 2.75) is 19.4 Å². The van der Waals surface area contributed by atoms with Crippen molar-refractivity contribution in [2.75, 3.05) is 7.11 Å². The predicted molar refractivity (Wildman–Crippen MR) is 84.5 cm³/mol. The van der Waals surface area contributed by atoms with Crippen LogP contribution >= 0.6 is 0 Å². The van der Waals surface area contributed by atoms with Crippen LogP contribution in [0.2, 0.25) is 0 Å². The van der Waals surface area contributed by atoms with Crippen LogP contribution in [0.3, 0.4) is 0 Å². The minimum atomic E-state index is -0.994. The maximum absolute atomic E-state index is 13.7. The van der Waals surface area contributed by atoms with Crippen molar-refractivity contribution in [1.29, 1.82) is 0 Å². The molecule has 0 aliphatic heterocycles. The Morgan fingerprint density at radius 3 is 2.50 bits per heavy atom. The topological polar surface area (TPSA) is 55.4 Å². The summed E-state index contributed by atoms with van der Waals surface area (Å²) in [6.45, 7) is 1.88. The van der Waals surface area contributed by atoms with Gasteiger partial charge in [0.2, 0.25) is 0 Å². The zero-order chi connectivity index (χ0) is 17.7. The van der Waals surface area contributed by atoms with Gasteiger partial charge in [-0.05, 0) is 30.2 Å². The second-order valence-corrected chi connectivity index (χ2v) is 5.30. The van der Waals surface area contributed by atoms with E-state index in [0.29, 0.717) is 6.07 Å². The molecule has 0 radical (unpaired) electrons. The molecule has 2 rings (SSSR count). The molecule has 0 saturated heterocycles. The Morgan fingerprint density at radius 2 is 1.88 bits per heavy atom. The molecule has 4 nitrogen and oxygen atoms in total. The van der Waals surface area contributed by atoms with Crippen molar-refractivity contribution >= 4 is 11.9 Å². The monoisotopic (exact) mass is 333 g/mol. The van der Waals surface area contributed by atoms with Crippen LogP contribution in [0.25, 0.3) is 0 Å². The van der Waals surface area contributed by atoms with Crippen molar-refractivity contribution in [1.82, 2.24) is 5.32 Å². The maximum Gasteiger partial charge on any atom is 0.328 e. The number of carbonyl (C=O) groups excluding carboxylic acids is 2. The minimum absolute atomic E-state index is 0.202. The lowest BCUT2D eigenvalue weighted by atomic mass is 10.0. The molecule has 0 bridgehead atoms. The van der Waals surface area contributed by atoms with Crippen LogP contribution in [0.15, 0.2) is 42.5 Å². The third-order valence-corrected chi connectivity index (χ3v) is 3.65. The Bertz CT molecular complexity index is 762. The summed E-state index contributed by atoms with van der Waals surface area (Å²) in [6.07, 6.45) is 0.202. The van der Waals surface area contributed by atoms with E-state index in [1.807, 2.05) is 31.2 Å². The Hall–Kier alpha value is -2.76. The second-order valence-electron chi connectivity index (χ2n) is 5.30. The molecular weight excluding hydrogens is 316 g/mol. The van der Waals surface area contributed by atoms with Gasteiger partial charge in [-0.15, -0.1) is 0 Å². The first-order valence-electron chi connectivity index (χ1n) is 7.30. The predicted octanol–water partition coefficient (Wildman–Crippen LogP) is 2.79. The molecule has 0 aromatic heterocycles. The number of esters is 1. The summed E-state index contributed by atoms with van der Waals surface area (Å²) in [6, 6.07) is 9.03. The average Bonchev–Trinajstić information content (AvgIpc) is 2.55. The van der Waals surface area contributed by atoms with Crippen molar-refractivity contribution in [3.8, 4) is 0 Å². The molecule has 0 fully saturated rings.